The summed E-state index contributed by atoms with van der Waals surface area (Å²) in [5.74, 6) is 0.611. The van der Waals surface area contributed by atoms with Gasteiger partial charge in [-0.3, -0.25) is 4.90 Å². The molecular formula is C11H18N2O2S2. The molecule has 1 aliphatic heterocycles. The molecule has 0 spiro atoms. The van der Waals surface area contributed by atoms with E-state index in [1.807, 2.05) is 11.6 Å². The average molecular weight is 274 g/mol. The average Bonchev–Trinajstić information content (AvgIpc) is 2.68. The molecule has 1 atom stereocenters. The summed E-state index contributed by atoms with van der Waals surface area (Å²) in [5, 5.41) is 3.10. The number of aromatic nitrogens is 1. The Bertz CT molecular complexity index is 442. The van der Waals surface area contributed by atoms with E-state index in [9.17, 15) is 8.42 Å². The van der Waals surface area contributed by atoms with E-state index < -0.39 is 9.84 Å². The van der Waals surface area contributed by atoms with Gasteiger partial charge >= 0.3 is 0 Å². The number of nitrogens with zero attached hydrogens (tertiary/aromatic N) is 2. The zero-order chi connectivity index (χ0) is 12.3. The molecule has 0 unspecified atom stereocenters. The van der Waals surface area contributed by atoms with Crippen LogP contribution in [0.2, 0.25) is 0 Å². The zero-order valence-corrected chi connectivity index (χ0v) is 11.6. The maximum absolute atomic E-state index is 11.3. The van der Waals surface area contributed by atoms with Crippen molar-refractivity contribution in [2.75, 3.05) is 25.1 Å². The van der Waals surface area contributed by atoms with Crippen LogP contribution < -0.4 is 0 Å². The predicted molar refractivity (Wildman–Crippen MR) is 69.8 cm³/mol. The normalized spacial score (nSPS) is 22.8. The molecule has 96 valence electrons. The van der Waals surface area contributed by atoms with Gasteiger partial charge < -0.3 is 0 Å². The van der Waals surface area contributed by atoms with Crippen LogP contribution in [0.25, 0.3) is 0 Å². The molecule has 1 aliphatic rings. The highest BCUT2D eigenvalue weighted by Gasteiger charge is 2.23. The van der Waals surface area contributed by atoms with E-state index in [-0.39, 0.29) is 0 Å². The second-order valence-electron chi connectivity index (χ2n) is 4.76. The van der Waals surface area contributed by atoms with E-state index in [4.69, 9.17) is 0 Å². The van der Waals surface area contributed by atoms with Crippen LogP contribution in [-0.4, -0.2) is 43.4 Å². The van der Waals surface area contributed by atoms with Gasteiger partial charge in [0.1, 0.15) is 14.8 Å². The van der Waals surface area contributed by atoms with Gasteiger partial charge in [0, 0.05) is 24.4 Å². The molecule has 2 heterocycles. The molecular weight excluding hydrogens is 256 g/mol. The lowest BCUT2D eigenvalue weighted by atomic mass is 10.0. The van der Waals surface area contributed by atoms with Crippen LogP contribution in [0.3, 0.4) is 0 Å². The Kier molecular flexibility index (Phi) is 4.17. The van der Waals surface area contributed by atoms with Crippen LogP contribution in [0.4, 0.5) is 0 Å². The summed E-state index contributed by atoms with van der Waals surface area (Å²) in [6.45, 7) is 2.80. The lowest BCUT2D eigenvalue weighted by Crippen LogP contribution is -2.37. The fourth-order valence-electron chi connectivity index (χ4n) is 2.38. The molecule has 0 aromatic carbocycles. The standard InChI is InChI=1S/C11H18N2O2S2/c1-17(14,15)9-10-3-2-5-13(7-10)8-11-12-4-6-16-11/h4,6,10H,2-3,5,7-9H2,1H3/t10-/m0/s1. The molecule has 0 amide bonds. The Balaban J connectivity index is 1.89. The van der Waals surface area contributed by atoms with E-state index in [0.29, 0.717) is 11.7 Å². The summed E-state index contributed by atoms with van der Waals surface area (Å²) in [6, 6.07) is 0. The first-order chi connectivity index (χ1) is 8.03. The second kappa shape index (κ2) is 5.46. The van der Waals surface area contributed by atoms with Crippen LogP contribution in [0.1, 0.15) is 17.8 Å². The van der Waals surface area contributed by atoms with Gasteiger partial charge in [0.2, 0.25) is 0 Å². The first-order valence-corrected chi connectivity index (χ1v) is 8.75. The van der Waals surface area contributed by atoms with Crippen LogP contribution >= 0.6 is 11.3 Å². The first kappa shape index (κ1) is 13.0. The number of sulfone groups is 1. The van der Waals surface area contributed by atoms with Gasteiger partial charge in [-0.25, -0.2) is 13.4 Å². The topological polar surface area (TPSA) is 50.3 Å². The van der Waals surface area contributed by atoms with Gasteiger partial charge in [0.05, 0.1) is 12.3 Å². The van der Waals surface area contributed by atoms with Crippen molar-refractivity contribution >= 4 is 21.2 Å². The minimum Gasteiger partial charge on any atom is -0.296 e. The van der Waals surface area contributed by atoms with Gasteiger partial charge in [-0.05, 0) is 25.3 Å². The smallest absolute Gasteiger partial charge is 0.147 e. The summed E-state index contributed by atoms with van der Waals surface area (Å²) in [6.07, 6.45) is 5.26. The number of rotatable bonds is 4. The summed E-state index contributed by atoms with van der Waals surface area (Å²) in [4.78, 5) is 6.59. The summed E-state index contributed by atoms with van der Waals surface area (Å²) >= 11 is 1.66. The number of thiazole rings is 1. The van der Waals surface area contributed by atoms with Gasteiger partial charge in [0.15, 0.2) is 0 Å². The summed E-state index contributed by atoms with van der Waals surface area (Å²) in [7, 11) is -2.85. The van der Waals surface area contributed by atoms with Crippen LogP contribution in [0.5, 0.6) is 0 Å². The molecule has 0 radical (unpaired) electrons. The zero-order valence-electron chi connectivity index (χ0n) is 10.0. The Morgan fingerprint density at radius 2 is 2.41 bits per heavy atom. The third-order valence-corrected chi connectivity index (χ3v) is 4.83. The van der Waals surface area contributed by atoms with Crippen LogP contribution in [-0.2, 0) is 16.4 Å². The number of hydrogen-bond donors (Lipinski definition) is 0. The molecule has 17 heavy (non-hydrogen) atoms. The Hall–Kier alpha value is -0.460. The predicted octanol–water partition coefficient (Wildman–Crippen LogP) is 1.40. The molecule has 1 aromatic rings. The van der Waals surface area contributed by atoms with Crippen LogP contribution in [0, 0.1) is 5.92 Å². The van der Waals surface area contributed by atoms with Crippen molar-refractivity contribution in [2.45, 2.75) is 19.4 Å². The molecule has 0 aliphatic carbocycles. The molecule has 2 rings (SSSR count). The van der Waals surface area contributed by atoms with Crippen LogP contribution in [0.15, 0.2) is 11.6 Å². The van der Waals surface area contributed by atoms with E-state index in [2.05, 4.69) is 9.88 Å². The summed E-state index contributed by atoms with van der Waals surface area (Å²) < 4.78 is 22.6. The van der Waals surface area contributed by atoms with E-state index in [0.717, 1.165) is 37.5 Å². The number of hydrogen-bond acceptors (Lipinski definition) is 5. The molecule has 4 nitrogen and oxygen atoms in total. The SMILES string of the molecule is CS(=O)(=O)C[C@H]1CCCN(Cc2nccs2)C1. The lowest BCUT2D eigenvalue weighted by Gasteiger charge is -2.31. The maximum atomic E-state index is 11.3. The van der Waals surface area contributed by atoms with Gasteiger partial charge in [-0.1, -0.05) is 0 Å². The Labute approximate surface area is 107 Å². The largest absolute Gasteiger partial charge is 0.296 e. The highest BCUT2D eigenvalue weighted by Crippen LogP contribution is 2.20. The lowest BCUT2D eigenvalue weighted by molar-refractivity contribution is 0.177. The van der Waals surface area contributed by atoms with Crippen molar-refractivity contribution in [3.63, 3.8) is 0 Å². The van der Waals surface area contributed by atoms with E-state index in [1.54, 1.807) is 11.3 Å². The van der Waals surface area contributed by atoms with Crippen molar-refractivity contribution in [3.8, 4) is 0 Å². The molecule has 0 bridgehead atoms. The van der Waals surface area contributed by atoms with Gasteiger partial charge in [-0.2, -0.15) is 0 Å². The third kappa shape index (κ3) is 4.37. The highest BCUT2D eigenvalue weighted by molar-refractivity contribution is 7.90. The minimum absolute atomic E-state index is 0.290. The van der Waals surface area contributed by atoms with Crippen molar-refractivity contribution in [3.05, 3.63) is 16.6 Å². The number of piperidine rings is 1. The minimum atomic E-state index is -2.85. The van der Waals surface area contributed by atoms with Crippen molar-refractivity contribution < 1.29 is 8.42 Å². The molecule has 0 N–H and O–H groups in total. The fourth-order valence-corrected chi connectivity index (χ4v) is 4.17. The number of likely N-dealkylation sites (tertiary alicyclic amines) is 1. The highest BCUT2D eigenvalue weighted by atomic mass is 32.2. The fraction of sp³-hybridized carbons (Fsp3) is 0.727. The molecule has 0 saturated carbocycles. The van der Waals surface area contributed by atoms with Crippen molar-refractivity contribution in [1.29, 1.82) is 0 Å². The quantitative estimate of drug-likeness (QED) is 0.833. The first-order valence-electron chi connectivity index (χ1n) is 5.81. The third-order valence-electron chi connectivity index (χ3n) is 2.98. The molecule has 1 fully saturated rings. The van der Waals surface area contributed by atoms with E-state index >= 15 is 0 Å². The molecule has 1 saturated heterocycles. The van der Waals surface area contributed by atoms with Gasteiger partial charge in [0.25, 0.3) is 0 Å². The molecule has 6 heteroatoms. The Morgan fingerprint density at radius 1 is 1.59 bits per heavy atom. The van der Waals surface area contributed by atoms with E-state index in [1.165, 1.54) is 6.26 Å². The van der Waals surface area contributed by atoms with Crippen molar-refractivity contribution in [1.82, 2.24) is 9.88 Å². The summed E-state index contributed by atoms with van der Waals surface area (Å²) in [5.41, 5.74) is 0. The Morgan fingerprint density at radius 3 is 3.06 bits per heavy atom. The molecule has 1 aromatic heterocycles. The second-order valence-corrected chi connectivity index (χ2v) is 7.93. The van der Waals surface area contributed by atoms with Gasteiger partial charge in [-0.15, -0.1) is 11.3 Å². The maximum Gasteiger partial charge on any atom is 0.147 e. The monoisotopic (exact) mass is 274 g/mol. The van der Waals surface area contributed by atoms with Crippen molar-refractivity contribution in [2.24, 2.45) is 5.92 Å².